The van der Waals surface area contributed by atoms with E-state index in [4.69, 9.17) is 14.5 Å². The first-order valence-corrected chi connectivity index (χ1v) is 15.5. The van der Waals surface area contributed by atoms with Crippen LogP contribution in [0.3, 0.4) is 0 Å². The third-order valence-electron chi connectivity index (χ3n) is 6.55. The fourth-order valence-corrected chi connectivity index (χ4v) is 6.08. The van der Waals surface area contributed by atoms with Crippen LogP contribution in [0.15, 0.2) is 88.8 Å². The summed E-state index contributed by atoms with van der Waals surface area (Å²) < 4.78 is 12.3. The lowest BCUT2D eigenvalue weighted by Gasteiger charge is -2.16. The van der Waals surface area contributed by atoms with Gasteiger partial charge in [0.2, 0.25) is 5.75 Å². The number of aliphatic imine (C=N–C) groups is 1. The van der Waals surface area contributed by atoms with Gasteiger partial charge in [-0.2, -0.15) is 0 Å². The fraction of sp³-hybridized carbons (Fsp3) is 0.125. The standard InChI is InChI=1S/C32H25IN4O7S/c1-4-43-28-16-21(15-25(33)30(28)44-27-14-13-24(36(39)40)18-26(27)37(41)42)17-29-31(38)35(23-11-7-20(3)8-12-23)32(45-29)34-22-9-5-19(2)6-10-22/h5-18H,4H2,1-3H3/b29-17-,34-32?. The normalized spacial score (nSPS) is 14.7. The molecule has 4 aromatic rings. The summed E-state index contributed by atoms with van der Waals surface area (Å²) in [5.41, 5.74) is 3.20. The van der Waals surface area contributed by atoms with Gasteiger partial charge in [-0.3, -0.25) is 29.9 Å². The molecule has 1 heterocycles. The van der Waals surface area contributed by atoms with Gasteiger partial charge in [0.25, 0.3) is 11.6 Å². The number of benzene rings is 4. The molecular weight excluding hydrogens is 711 g/mol. The van der Waals surface area contributed by atoms with Gasteiger partial charge in [-0.15, -0.1) is 0 Å². The highest BCUT2D eigenvalue weighted by Gasteiger charge is 2.35. The third-order valence-corrected chi connectivity index (χ3v) is 8.32. The predicted octanol–water partition coefficient (Wildman–Crippen LogP) is 8.72. The fourth-order valence-electron chi connectivity index (χ4n) is 4.34. The van der Waals surface area contributed by atoms with Gasteiger partial charge in [0.15, 0.2) is 16.7 Å². The second-order valence-corrected chi connectivity index (χ2v) is 12.0. The van der Waals surface area contributed by atoms with Crippen LogP contribution in [0.1, 0.15) is 23.6 Å². The maximum atomic E-state index is 13.8. The molecule has 13 heteroatoms. The Hall–Kier alpha value is -4.76. The van der Waals surface area contributed by atoms with Crippen molar-refractivity contribution in [2.45, 2.75) is 20.8 Å². The van der Waals surface area contributed by atoms with E-state index in [1.165, 1.54) is 17.8 Å². The minimum atomic E-state index is -0.743. The summed E-state index contributed by atoms with van der Waals surface area (Å²) in [6.07, 6.45) is 1.73. The highest BCUT2D eigenvalue weighted by atomic mass is 127. The smallest absolute Gasteiger partial charge is 0.318 e. The first kappa shape index (κ1) is 31.7. The van der Waals surface area contributed by atoms with Crippen molar-refractivity contribution in [1.29, 1.82) is 0 Å². The van der Waals surface area contributed by atoms with Crippen LogP contribution in [0.4, 0.5) is 22.7 Å². The van der Waals surface area contributed by atoms with Gasteiger partial charge in [-0.25, -0.2) is 4.99 Å². The van der Waals surface area contributed by atoms with E-state index in [2.05, 4.69) is 0 Å². The zero-order valence-electron chi connectivity index (χ0n) is 24.2. The molecule has 0 unspecified atom stereocenters. The molecule has 0 aliphatic carbocycles. The summed E-state index contributed by atoms with van der Waals surface area (Å²) in [5, 5.41) is 23.3. The van der Waals surface area contributed by atoms with E-state index in [0.717, 1.165) is 23.3 Å². The van der Waals surface area contributed by atoms with E-state index >= 15 is 0 Å². The number of amides is 1. The molecule has 1 amide bonds. The van der Waals surface area contributed by atoms with E-state index in [0.29, 0.717) is 30.6 Å². The molecule has 0 atom stereocenters. The number of nitro benzene ring substituents is 2. The summed E-state index contributed by atoms with van der Waals surface area (Å²) >= 11 is 3.26. The Kier molecular flexibility index (Phi) is 9.48. The Bertz CT molecular complexity index is 1880. The quantitative estimate of drug-likeness (QED) is 0.0720. The van der Waals surface area contributed by atoms with Crippen molar-refractivity contribution in [3.63, 3.8) is 0 Å². The second-order valence-electron chi connectivity index (χ2n) is 9.85. The Morgan fingerprint density at radius 2 is 1.58 bits per heavy atom. The van der Waals surface area contributed by atoms with Crippen LogP contribution in [0.25, 0.3) is 6.08 Å². The average molecular weight is 737 g/mol. The highest BCUT2D eigenvalue weighted by Crippen LogP contribution is 2.43. The number of carbonyl (C=O) groups is 1. The SMILES string of the molecule is CCOc1cc(/C=C2\SC(=Nc3ccc(C)cc3)N(c3ccc(C)cc3)C2=O)cc(I)c1Oc1ccc([N+](=O)[O-])cc1[N+](=O)[O-]. The molecule has 4 aromatic carbocycles. The number of nitrogens with zero attached hydrogens (tertiary/aromatic N) is 4. The van der Waals surface area contributed by atoms with Gasteiger partial charge < -0.3 is 9.47 Å². The van der Waals surface area contributed by atoms with Crippen LogP contribution in [0.2, 0.25) is 0 Å². The van der Waals surface area contributed by atoms with Crippen LogP contribution in [0.5, 0.6) is 17.2 Å². The lowest BCUT2D eigenvalue weighted by Crippen LogP contribution is -2.28. The Morgan fingerprint density at radius 1 is 0.911 bits per heavy atom. The van der Waals surface area contributed by atoms with Crippen LogP contribution >= 0.6 is 34.4 Å². The number of amidine groups is 1. The van der Waals surface area contributed by atoms with Crippen molar-refractivity contribution in [2.75, 3.05) is 11.5 Å². The molecule has 1 aliphatic heterocycles. The molecule has 0 spiro atoms. The van der Waals surface area contributed by atoms with Crippen molar-refractivity contribution >= 4 is 74.3 Å². The highest BCUT2D eigenvalue weighted by molar-refractivity contribution is 14.1. The van der Waals surface area contributed by atoms with Crippen LogP contribution in [-0.2, 0) is 4.79 Å². The van der Waals surface area contributed by atoms with Gasteiger partial charge >= 0.3 is 5.69 Å². The summed E-state index contributed by atoms with van der Waals surface area (Å²) in [6, 6.07) is 21.9. The number of anilines is 1. The number of halogens is 1. The summed E-state index contributed by atoms with van der Waals surface area (Å²) in [6.45, 7) is 6.00. The van der Waals surface area contributed by atoms with Crippen LogP contribution in [-0.4, -0.2) is 27.5 Å². The number of ether oxygens (including phenoxy) is 2. The number of rotatable bonds is 9. The third kappa shape index (κ3) is 7.15. The molecule has 1 aliphatic rings. The topological polar surface area (TPSA) is 137 Å². The minimum Gasteiger partial charge on any atom is -0.490 e. The number of aryl methyl sites for hydroxylation is 2. The Labute approximate surface area is 276 Å². The number of nitro groups is 2. The van der Waals surface area contributed by atoms with E-state index < -0.39 is 21.2 Å². The molecule has 11 nitrogen and oxygen atoms in total. The molecule has 0 saturated carbocycles. The van der Waals surface area contributed by atoms with Crippen molar-refractivity contribution in [2.24, 2.45) is 4.99 Å². The van der Waals surface area contributed by atoms with Gasteiger partial charge in [0.1, 0.15) is 0 Å². The summed E-state index contributed by atoms with van der Waals surface area (Å²) in [4.78, 5) is 42.0. The van der Waals surface area contributed by atoms with Crippen molar-refractivity contribution in [1.82, 2.24) is 0 Å². The first-order chi connectivity index (χ1) is 21.5. The van der Waals surface area contributed by atoms with E-state index in [1.807, 2.05) is 85.0 Å². The molecule has 1 saturated heterocycles. The molecule has 0 aromatic heterocycles. The Balaban J connectivity index is 1.53. The molecule has 5 rings (SSSR count). The maximum Gasteiger partial charge on any atom is 0.318 e. The van der Waals surface area contributed by atoms with E-state index in [1.54, 1.807) is 30.0 Å². The number of hydrogen-bond acceptors (Lipinski definition) is 9. The molecule has 0 N–H and O–H groups in total. The van der Waals surface area contributed by atoms with Crippen LogP contribution in [0, 0.1) is 37.6 Å². The molecule has 0 radical (unpaired) electrons. The monoisotopic (exact) mass is 736 g/mol. The van der Waals surface area contributed by atoms with Crippen molar-refractivity contribution in [3.05, 3.63) is 124 Å². The predicted molar refractivity (Wildman–Crippen MR) is 183 cm³/mol. The summed E-state index contributed by atoms with van der Waals surface area (Å²) in [5.74, 6) is 0.0560. The molecular formula is C32H25IN4O7S. The minimum absolute atomic E-state index is 0.178. The van der Waals surface area contributed by atoms with Gasteiger partial charge in [0.05, 0.1) is 42.4 Å². The van der Waals surface area contributed by atoms with E-state index in [9.17, 15) is 25.0 Å². The van der Waals surface area contributed by atoms with Gasteiger partial charge in [-0.05, 0) is 109 Å². The van der Waals surface area contributed by atoms with Crippen LogP contribution < -0.4 is 14.4 Å². The zero-order chi connectivity index (χ0) is 32.2. The Morgan fingerprint density at radius 3 is 2.20 bits per heavy atom. The molecule has 45 heavy (non-hydrogen) atoms. The molecule has 0 bridgehead atoms. The first-order valence-electron chi connectivity index (χ1n) is 13.6. The maximum absolute atomic E-state index is 13.8. The van der Waals surface area contributed by atoms with Crippen molar-refractivity contribution < 1.29 is 24.1 Å². The largest absolute Gasteiger partial charge is 0.490 e. The second kappa shape index (κ2) is 13.5. The molecule has 1 fully saturated rings. The zero-order valence-corrected chi connectivity index (χ0v) is 27.2. The van der Waals surface area contributed by atoms with E-state index in [-0.39, 0.29) is 29.8 Å². The average Bonchev–Trinajstić information content (AvgIpc) is 3.30. The lowest BCUT2D eigenvalue weighted by atomic mass is 10.1. The number of carbonyl (C=O) groups excluding carboxylic acids is 1. The number of hydrogen-bond donors (Lipinski definition) is 0. The van der Waals surface area contributed by atoms with Gasteiger partial charge in [-0.1, -0.05) is 35.4 Å². The van der Waals surface area contributed by atoms with Gasteiger partial charge in [0, 0.05) is 6.07 Å². The number of thioether (sulfide) groups is 1. The number of non-ortho nitro benzene ring substituents is 1. The lowest BCUT2D eigenvalue weighted by molar-refractivity contribution is -0.394. The molecule has 228 valence electrons. The van der Waals surface area contributed by atoms with Crippen molar-refractivity contribution in [3.8, 4) is 17.2 Å². The summed E-state index contributed by atoms with van der Waals surface area (Å²) in [7, 11) is 0.